The Morgan fingerprint density at radius 3 is 2.69 bits per heavy atom. The lowest BCUT2D eigenvalue weighted by Gasteiger charge is -2.05. The number of hydrogen-bond donors (Lipinski definition) is 3. The Labute approximate surface area is 158 Å². The molecule has 0 radical (unpaired) electrons. The van der Waals surface area contributed by atoms with Crippen LogP contribution in [0.3, 0.4) is 0 Å². The van der Waals surface area contributed by atoms with Gasteiger partial charge in [-0.2, -0.15) is 0 Å². The van der Waals surface area contributed by atoms with Crippen molar-refractivity contribution < 1.29 is 13.2 Å². The second kappa shape index (κ2) is 8.63. The highest BCUT2D eigenvalue weighted by atomic mass is 35.5. The van der Waals surface area contributed by atoms with Gasteiger partial charge >= 0.3 is 0 Å². The standard InChI is InChI=1S/C16H21N5O3S.ClH/c17-25(23,24)13-3-1-12(2-4-13)5-8-19-16(22)14-11-21-10-9-18-7-6-15(21)20-14;/h1-4,11,18H,5-10H2,(H,19,22)(H2,17,23,24);1H. The van der Waals surface area contributed by atoms with Crippen LogP contribution in [-0.2, 0) is 29.4 Å². The summed E-state index contributed by atoms with van der Waals surface area (Å²) in [6, 6.07) is 6.31. The number of benzene rings is 1. The van der Waals surface area contributed by atoms with E-state index in [0.717, 1.165) is 37.4 Å². The molecule has 0 unspecified atom stereocenters. The van der Waals surface area contributed by atoms with E-state index < -0.39 is 10.0 Å². The molecule has 0 saturated carbocycles. The zero-order chi connectivity index (χ0) is 17.9. The summed E-state index contributed by atoms with van der Waals surface area (Å²) < 4.78 is 24.4. The third-order valence-electron chi connectivity index (χ3n) is 4.10. The van der Waals surface area contributed by atoms with Crippen LogP contribution < -0.4 is 15.8 Å². The van der Waals surface area contributed by atoms with E-state index in [1.807, 2.05) is 4.57 Å². The topological polar surface area (TPSA) is 119 Å². The number of aromatic nitrogens is 2. The average molecular weight is 400 g/mol. The molecule has 0 saturated heterocycles. The van der Waals surface area contributed by atoms with E-state index in [9.17, 15) is 13.2 Å². The number of amides is 1. The first-order chi connectivity index (χ1) is 11.9. The molecule has 2 heterocycles. The van der Waals surface area contributed by atoms with Gasteiger partial charge in [0.05, 0.1) is 4.90 Å². The van der Waals surface area contributed by atoms with Gasteiger partial charge in [0.2, 0.25) is 10.0 Å². The van der Waals surface area contributed by atoms with Crippen molar-refractivity contribution in [2.45, 2.75) is 24.3 Å². The molecule has 8 nitrogen and oxygen atoms in total. The van der Waals surface area contributed by atoms with Gasteiger partial charge in [-0.05, 0) is 24.1 Å². The first-order valence-corrected chi connectivity index (χ1v) is 9.65. The van der Waals surface area contributed by atoms with Crippen LogP contribution in [-0.4, -0.2) is 43.5 Å². The number of carbonyl (C=O) groups excluding carboxylic acids is 1. The number of primary sulfonamides is 1. The number of nitrogens with zero attached hydrogens (tertiary/aromatic N) is 2. The van der Waals surface area contributed by atoms with Crippen LogP contribution in [0.5, 0.6) is 0 Å². The van der Waals surface area contributed by atoms with Crippen LogP contribution in [0.4, 0.5) is 0 Å². The minimum absolute atomic E-state index is 0. The number of imidazole rings is 1. The molecule has 0 bridgehead atoms. The maximum absolute atomic E-state index is 12.2. The predicted molar refractivity (Wildman–Crippen MR) is 99.9 cm³/mol. The minimum atomic E-state index is -3.68. The number of hydrogen-bond acceptors (Lipinski definition) is 5. The molecule has 142 valence electrons. The predicted octanol–water partition coefficient (Wildman–Crippen LogP) is 0.0705. The monoisotopic (exact) mass is 399 g/mol. The summed E-state index contributed by atoms with van der Waals surface area (Å²) in [5.41, 5.74) is 1.35. The van der Waals surface area contributed by atoms with Crippen molar-refractivity contribution in [3.63, 3.8) is 0 Å². The Kier molecular flexibility index (Phi) is 6.76. The van der Waals surface area contributed by atoms with Crippen molar-refractivity contribution in [1.29, 1.82) is 0 Å². The Morgan fingerprint density at radius 1 is 1.27 bits per heavy atom. The van der Waals surface area contributed by atoms with Crippen molar-refractivity contribution >= 4 is 28.3 Å². The molecule has 0 atom stereocenters. The van der Waals surface area contributed by atoms with E-state index in [4.69, 9.17) is 5.14 Å². The average Bonchev–Trinajstić information content (AvgIpc) is 2.85. The molecule has 0 fully saturated rings. The van der Waals surface area contributed by atoms with Gasteiger partial charge in [0.1, 0.15) is 11.5 Å². The van der Waals surface area contributed by atoms with E-state index in [2.05, 4.69) is 15.6 Å². The summed E-state index contributed by atoms with van der Waals surface area (Å²) in [6.07, 6.45) is 3.19. The van der Waals surface area contributed by atoms with Crippen LogP contribution in [0, 0.1) is 0 Å². The molecule has 1 aromatic heterocycles. The van der Waals surface area contributed by atoms with E-state index in [-0.39, 0.29) is 23.2 Å². The molecule has 0 spiro atoms. The molecule has 1 aliphatic heterocycles. The third kappa shape index (κ3) is 5.04. The molecule has 2 aromatic rings. The molecule has 0 aliphatic carbocycles. The fourth-order valence-electron chi connectivity index (χ4n) is 2.74. The lowest BCUT2D eigenvalue weighted by Crippen LogP contribution is -2.26. The van der Waals surface area contributed by atoms with E-state index in [0.29, 0.717) is 18.7 Å². The SMILES string of the molecule is Cl.NS(=O)(=O)c1ccc(CCNC(=O)c2cn3c(n2)CCNCC3)cc1. The molecule has 1 amide bonds. The van der Waals surface area contributed by atoms with Gasteiger partial charge in [-0.25, -0.2) is 18.5 Å². The number of fused-ring (bicyclic) bond motifs is 1. The molecule has 3 rings (SSSR count). The number of rotatable bonds is 5. The Balaban J connectivity index is 0.00000243. The van der Waals surface area contributed by atoms with Crippen molar-refractivity contribution in [2.24, 2.45) is 5.14 Å². The highest BCUT2D eigenvalue weighted by Crippen LogP contribution is 2.09. The summed E-state index contributed by atoms with van der Waals surface area (Å²) in [6.45, 7) is 2.99. The number of nitrogens with one attached hydrogen (secondary N) is 2. The number of nitrogens with two attached hydrogens (primary N) is 1. The van der Waals surface area contributed by atoms with E-state index in [1.165, 1.54) is 12.1 Å². The number of halogens is 1. The van der Waals surface area contributed by atoms with Crippen LogP contribution in [0.1, 0.15) is 21.9 Å². The summed E-state index contributed by atoms with van der Waals surface area (Å²) in [4.78, 5) is 16.7. The molecular formula is C16H22ClN5O3S. The molecule has 10 heteroatoms. The lowest BCUT2D eigenvalue weighted by atomic mass is 10.1. The van der Waals surface area contributed by atoms with Crippen molar-refractivity contribution in [3.8, 4) is 0 Å². The molecular weight excluding hydrogens is 378 g/mol. The van der Waals surface area contributed by atoms with Crippen molar-refractivity contribution in [3.05, 3.63) is 47.5 Å². The van der Waals surface area contributed by atoms with E-state index in [1.54, 1.807) is 18.3 Å². The van der Waals surface area contributed by atoms with Gasteiger partial charge in [-0.3, -0.25) is 4.79 Å². The maximum atomic E-state index is 12.2. The zero-order valence-corrected chi connectivity index (χ0v) is 15.8. The molecule has 26 heavy (non-hydrogen) atoms. The summed E-state index contributed by atoms with van der Waals surface area (Å²) in [5.74, 6) is 0.725. The first kappa shape index (κ1) is 20.4. The fraction of sp³-hybridized carbons (Fsp3) is 0.375. The van der Waals surface area contributed by atoms with Crippen molar-refractivity contribution in [2.75, 3.05) is 19.6 Å². The number of sulfonamides is 1. The smallest absolute Gasteiger partial charge is 0.271 e. The molecule has 1 aliphatic rings. The maximum Gasteiger partial charge on any atom is 0.271 e. The van der Waals surface area contributed by atoms with Crippen molar-refractivity contribution in [1.82, 2.24) is 20.2 Å². The van der Waals surface area contributed by atoms with Gasteiger partial charge in [-0.15, -0.1) is 12.4 Å². The largest absolute Gasteiger partial charge is 0.350 e. The van der Waals surface area contributed by atoms with E-state index >= 15 is 0 Å². The van der Waals surface area contributed by atoms with Gasteiger partial charge in [0, 0.05) is 38.8 Å². The Morgan fingerprint density at radius 2 is 2.00 bits per heavy atom. The Bertz CT molecular complexity index is 841. The third-order valence-corrected chi connectivity index (χ3v) is 5.03. The first-order valence-electron chi connectivity index (χ1n) is 8.10. The quantitative estimate of drug-likeness (QED) is 0.657. The van der Waals surface area contributed by atoms with Gasteiger partial charge in [0.25, 0.3) is 5.91 Å². The lowest BCUT2D eigenvalue weighted by molar-refractivity contribution is 0.0949. The van der Waals surface area contributed by atoms with Gasteiger partial charge < -0.3 is 15.2 Å². The zero-order valence-electron chi connectivity index (χ0n) is 14.1. The summed E-state index contributed by atoms with van der Waals surface area (Å²) >= 11 is 0. The number of carbonyl (C=O) groups is 1. The summed E-state index contributed by atoms with van der Waals surface area (Å²) in [7, 11) is -3.68. The second-order valence-electron chi connectivity index (χ2n) is 5.93. The normalized spacial score (nSPS) is 14.0. The van der Waals surface area contributed by atoms with Gasteiger partial charge in [-0.1, -0.05) is 12.1 Å². The highest BCUT2D eigenvalue weighted by molar-refractivity contribution is 7.89. The highest BCUT2D eigenvalue weighted by Gasteiger charge is 2.15. The molecule has 1 aromatic carbocycles. The van der Waals surface area contributed by atoms with Crippen LogP contribution in [0.2, 0.25) is 0 Å². The van der Waals surface area contributed by atoms with Gasteiger partial charge in [0.15, 0.2) is 0 Å². The van der Waals surface area contributed by atoms with Crippen LogP contribution in [0.25, 0.3) is 0 Å². The van der Waals surface area contributed by atoms with Crippen LogP contribution >= 0.6 is 12.4 Å². The fourth-order valence-corrected chi connectivity index (χ4v) is 3.25. The summed E-state index contributed by atoms with van der Waals surface area (Å²) in [5, 5.41) is 11.2. The second-order valence-corrected chi connectivity index (χ2v) is 7.49. The Hall–Kier alpha value is -1.94. The van der Waals surface area contributed by atoms with Crippen LogP contribution in [0.15, 0.2) is 35.4 Å². The minimum Gasteiger partial charge on any atom is -0.350 e. The molecule has 4 N–H and O–H groups in total.